The first kappa shape index (κ1) is 11.7. The fourth-order valence-electron chi connectivity index (χ4n) is 2.10. The van der Waals surface area contributed by atoms with Crippen LogP contribution in [-0.2, 0) is 13.6 Å². The summed E-state index contributed by atoms with van der Waals surface area (Å²) in [6, 6.07) is 0.584. The molecule has 0 amide bonds. The monoisotopic (exact) mass is 239 g/mol. The third kappa shape index (κ3) is 2.47. The van der Waals surface area contributed by atoms with Crippen LogP contribution in [-0.4, -0.2) is 15.8 Å². The first-order valence-corrected chi connectivity index (χ1v) is 6.12. The van der Waals surface area contributed by atoms with Crippen molar-refractivity contribution >= 4 is 11.6 Å². The highest BCUT2D eigenvalue weighted by Gasteiger charge is 2.14. The molecule has 0 saturated carbocycles. The van der Waals surface area contributed by atoms with E-state index in [1.54, 1.807) is 4.68 Å². The fourth-order valence-corrected chi connectivity index (χ4v) is 2.34. The van der Waals surface area contributed by atoms with Crippen LogP contribution in [0.3, 0.4) is 0 Å². The molecule has 0 spiro atoms. The summed E-state index contributed by atoms with van der Waals surface area (Å²) in [6.45, 7) is 2.82. The minimum atomic E-state index is 0.584. The van der Waals surface area contributed by atoms with Gasteiger partial charge in [0.25, 0.3) is 0 Å². The van der Waals surface area contributed by atoms with E-state index >= 15 is 0 Å². The molecule has 1 heterocycles. The van der Waals surface area contributed by atoms with Crippen LogP contribution >= 0.6 is 11.6 Å². The number of hydrogen-bond acceptors (Lipinski definition) is 2. The van der Waals surface area contributed by atoms with E-state index in [9.17, 15) is 0 Å². The fraction of sp³-hybridized carbons (Fsp3) is 0.583. The molecule has 0 aromatic carbocycles. The van der Waals surface area contributed by atoms with Crippen molar-refractivity contribution in [3.63, 3.8) is 0 Å². The Kier molecular flexibility index (Phi) is 3.66. The van der Waals surface area contributed by atoms with Crippen molar-refractivity contribution < 1.29 is 0 Å². The first-order chi connectivity index (χ1) is 7.68. The molecule has 1 unspecified atom stereocenters. The van der Waals surface area contributed by atoms with Crippen molar-refractivity contribution in [2.24, 2.45) is 7.05 Å². The Morgan fingerprint density at radius 3 is 2.94 bits per heavy atom. The molecule has 1 N–H and O–H groups in total. The molecule has 0 aliphatic heterocycles. The van der Waals surface area contributed by atoms with Gasteiger partial charge in [0.15, 0.2) is 0 Å². The highest BCUT2D eigenvalue weighted by atomic mass is 35.5. The van der Waals surface area contributed by atoms with Gasteiger partial charge < -0.3 is 5.32 Å². The van der Waals surface area contributed by atoms with Gasteiger partial charge in [-0.05, 0) is 26.2 Å². The standard InChI is InChI=1S/C12H18ClN3/c1-9-11(12(13)16(2)15-9)8-14-10-6-4-3-5-7-10/h3-4,10,14H,5-8H2,1-2H3. The lowest BCUT2D eigenvalue weighted by atomic mass is 10.0. The maximum absolute atomic E-state index is 6.18. The van der Waals surface area contributed by atoms with Gasteiger partial charge in [-0.1, -0.05) is 23.8 Å². The second-order valence-corrected chi connectivity index (χ2v) is 4.70. The van der Waals surface area contributed by atoms with Gasteiger partial charge in [-0.2, -0.15) is 5.10 Å². The second kappa shape index (κ2) is 5.02. The molecule has 1 atom stereocenters. The lowest BCUT2D eigenvalue weighted by Crippen LogP contribution is -2.29. The molecule has 16 heavy (non-hydrogen) atoms. The predicted molar refractivity (Wildman–Crippen MR) is 66.6 cm³/mol. The zero-order valence-corrected chi connectivity index (χ0v) is 10.6. The van der Waals surface area contributed by atoms with E-state index in [-0.39, 0.29) is 0 Å². The van der Waals surface area contributed by atoms with Crippen LogP contribution in [0, 0.1) is 6.92 Å². The molecule has 2 rings (SSSR count). The predicted octanol–water partition coefficient (Wildman–Crippen LogP) is 2.58. The van der Waals surface area contributed by atoms with Gasteiger partial charge in [0.05, 0.1) is 5.69 Å². The van der Waals surface area contributed by atoms with Crippen LogP contribution < -0.4 is 5.32 Å². The van der Waals surface area contributed by atoms with Crippen molar-refractivity contribution in [1.29, 1.82) is 0 Å². The Hall–Kier alpha value is -0.800. The lowest BCUT2D eigenvalue weighted by molar-refractivity contribution is 0.474. The molecule has 0 bridgehead atoms. The summed E-state index contributed by atoms with van der Waals surface area (Å²) < 4.78 is 1.73. The zero-order valence-electron chi connectivity index (χ0n) is 9.83. The van der Waals surface area contributed by atoms with Gasteiger partial charge in [-0.25, -0.2) is 0 Å². The first-order valence-electron chi connectivity index (χ1n) is 5.75. The Labute approximate surface area is 101 Å². The van der Waals surface area contributed by atoms with Crippen molar-refractivity contribution in [2.45, 2.75) is 38.8 Å². The van der Waals surface area contributed by atoms with Crippen LogP contribution in [0.2, 0.25) is 5.15 Å². The maximum atomic E-state index is 6.18. The summed E-state index contributed by atoms with van der Waals surface area (Å²) in [5, 5.41) is 8.60. The Morgan fingerprint density at radius 2 is 2.38 bits per heavy atom. The van der Waals surface area contributed by atoms with Crippen LogP contribution in [0.4, 0.5) is 0 Å². The molecular formula is C12H18ClN3. The van der Waals surface area contributed by atoms with Gasteiger partial charge in [-0.15, -0.1) is 0 Å². The van der Waals surface area contributed by atoms with Crippen molar-refractivity contribution in [3.05, 3.63) is 28.6 Å². The highest BCUT2D eigenvalue weighted by Crippen LogP contribution is 2.19. The number of aromatic nitrogens is 2. The second-order valence-electron chi connectivity index (χ2n) is 4.34. The van der Waals surface area contributed by atoms with Crippen molar-refractivity contribution in [1.82, 2.24) is 15.1 Å². The van der Waals surface area contributed by atoms with Gasteiger partial charge >= 0.3 is 0 Å². The third-order valence-electron chi connectivity index (χ3n) is 3.11. The van der Waals surface area contributed by atoms with Gasteiger partial charge in [0.2, 0.25) is 0 Å². The SMILES string of the molecule is Cc1nn(C)c(Cl)c1CNC1CC=CCC1. The molecule has 1 aliphatic rings. The van der Waals surface area contributed by atoms with Crippen molar-refractivity contribution in [3.8, 4) is 0 Å². The Morgan fingerprint density at radius 1 is 1.56 bits per heavy atom. The molecule has 1 aromatic rings. The summed E-state index contributed by atoms with van der Waals surface area (Å²) in [4.78, 5) is 0. The van der Waals surface area contributed by atoms with E-state index in [1.807, 2.05) is 14.0 Å². The Bertz CT molecular complexity index is 395. The number of halogens is 1. The smallest absolute Gasteiger partial charge is 0.131 e. The molecule has 0 radical (unpaired) electrons. The van der Waals surface area contributed by atoms with Crippen LogP contribution in [0.1, 0.15) is 30.5 Å². The van der Waals surface area contributed by atoms with Crippen LogP contribution in [0.25, 0.3) is 0 Å². The molecule has 0 fully saturated rings. The average molecular weight is 240 g/mol. The third-order valence-corrected chi connectivity index (χ3v) is 3.58. The number of nitrogens with one attached hydrogen (secondary N) is 1. The maximum Gasteiger partial charge on any atom is 0.131 e. The van der Waals surface area contributed by atoms with E-state index in [0.29, 0.717) is 6.04 Å². The molecule has 88 valence electrons. The molecular weight excluding hydrogens is 222 g/mol. The Balaban J connectivity index is 1.96. The van der Waals surface area contributed by atoms with Gasteiger partial charge in [0.1, 0.15) is 5.15 Å². The van der Waals surface area contributed by atoms with E-state index in [2.05, 4.69) is 22.6 Å². The lowest BCUT2D eigenvalue weighted by Gasteiger charge is -2.19. The molecule has 4 heteroatoms. The summed E-state index contributed by atoms with van der Waals surface area (Å²) in [5.74, 6) is 0. The number of aryl methyl sites for hydroxylation is 2. The average Bonchev–Trinajstić information content (AvgIpc) is 2.53. The molecule has 0 saturated heterocycles. The largest absolute Gasteiger partial charge is 0.309 e. The topological polar surface area (TPSA) is 29.9 Å². The van der Waals surface area contributed by atoms with Crippen molar-refractivity contribution in [2.75, 3.05) is 0 Å². The number of nitrogens with zero attached hydrogens (tertiary/aromatic N) is 2. The van der Waals surface area contributed by atoms with Crippen LogP contribution in [0.15, 0.2) is 12.2 Å². The van der Waals surface area contributed by atoms with E-state index in [4.69, 9.17) is 11.6 Å². The number of hydrogen-bond donors (Lipinski definition) is 1. The number of allylic oxidation sites excluding steroid dienone is 1. The normalized spacial score (nSPS) is 20.3. The minimum absolute atomic E-state index is 0.584. The number of rotatable bonds is 3. The van der Waals surface area contributed by atoms with Gasteiger partial charge in [-0.3, -0.25) is 4.68 Å². The molecule has 1 aromatic heterocycles. The molecule has 3 nitrogen and oxygen atoms in total. The van der Waals surface area contributed by atoms with E-state index < -0.39 is 0 Å². The summed E-state index contributed by atoms with van der Waals surface area (Å²) >= 11 is 6.18. The minimum Gasteiger partial charge on any atom is -0.309 e. The van der Waals surface area contributed by atoms with Gasteiger partial charge in [0, 0.05) is 25.2 Å². The van der Waals surface area contributed by atoms with Crippen LogP contribution in [0.5, 0.6) is 0 Å². The van der Waals surface area contributed by atoms with E-state index in [0.717, 1.165) is 29.4 Å². The summed E-state index contributed by atoms with van der Waals surface area (Å²) in [5.41, 5.74) is 2.14. The summed E-state index contributed by atoms with van der Waals surface area (Å²) in [6.07, 6.45) is 8.02. The van der Waals surface area contributed by atoms with E-state index in [1.165, 1.54) is 12.8 Å². The quantitative estimate of drug-likeness (QED) is 0.822. The summed E-state index contributed by atoms with van der Waals surface area (Å²) in [7, 11) is 1.88. The zero-order chi connectivity index (χ0) is 11.5. The molecule has 1 aliphatic carbocycles. The highest BCUT2D eigenvalue weighted by molar-refractivity contribution is 6.30.